The smallest absolute Gasteiger partial charge is 0.382 e. The van der Waals surface area contributed by atoms with Crippen LogP contribution in [0.2, 0.25) is 0 Å². The molecule has 3 aromatic heterocycles. The van der Waals surface area contributed by atoms with Gasteiger partial charge in [-0.15, -0.1) is 0 Å². The van der Waals surface area contributed by atoms with Crippen LogP contribution in [0.5, 0.6) is 0 Å². The first-order chi connectivity index (χ1) is 20.7. The van der Waals surface area contributed by atoms with Crippen molar-refractivity contribution in [1.29, 1.82) is 0 Å². The summed E-state index contributed by atoms with van der Waals surface area (Å²) >= 11 is 0. The van der Waals surface area contributed by atoms with E-state index in [1.807, 2.05) is 9.30 Å². The van der Waals surface area contributed by atoms with Crippen molar-refractivity contribution in [2.75, 3.05) is 37.3 Å². The van der Waals surface area contributed by atoms with Crippen LogP contribution in [0.4, 0.5) is 24.8 Å². The molecule has 4 aromatic rings. The highest BCUT2D eigenvalue weighted by Gasteiger charge is 2.43. The number of hydrogen-bond donors (Lipinski definition) is 2. The molecule has 2 amide bonds. The summed E-state index contributed by atoms with van der Waals surface area (Å²) in [5.74, 6) is 0.0815. The SMILES string of the molecule is Nc1nccn2c([C@H]3CN4C(=O)CN(C5CC5)C[C@@H]4CO3)nc(-c3ccc(C(=O)Nc4cc(C(F)(F)F)ccn4)cc3)c12. The number of nitrogens with two attached hydrogens (primary N) is 1. The van der Waals surface area contributed by atoms with Gasteiger partial charge in [-0.25, -0.2) is 15.0 Å². The molecule has 0 radical (unpaired) electrons. The van der Waals surface area contributed by atoms with E-state index in [0.717, 1.165) is 37.7 Å². The van der Waals surface area contributed by atoms with Crippen LogP contribution in [0.1, 0.15) is 40.7 Å². The summed E-state index contributed by atoms with van der Waals surface area (Å²) < 4.78 is 47.2. The fourth-order valence-electron chi connectivity index (χ4n) is 5.79. The number of halogens is 3. The predicted molar refractivity (Wildman–Crippen MR) is 149 cm³/mol. The first kappa shape index (κ1) is 27.3. The molecule has 1 aliphatic carbocycles. The van der Waals surface area contributed by atoms with E-state index in [9.17, 15) is 22.8 Å². The van der Waals surface area contributed by atoms with Gasteiger partial charge in [0.1, 0.15) is 34.8 Å². The number of aromatic nitrogens is 4. The number of morpholine rings is 1. The van der Waals surface area contributed by atoms with E-state index in [1.54, 1.807) is 24.5 Å². The monoisotopic (exact) mass is 592 g/mol. The number of anilines is 2. The number of ether oxygens (including phenoxy) is 1. The Bertz CT molecular complexity index is 1720. The zero-order valence-corrected chi connectivity index (χ0v) is 22.8. The number of benzene rings is 1. The van der Waals surface area contributed by atoms with E-state index in [-0.39, 0.29) is 29.1 Å². The number of amides is 2. The van der Waals surface area contributed by atoms with Gasteiger partial charge < -0.3 is 20.7 Å². The van der Waals surface area contributed by atoms with E-state index >= 15 is 0 Å². The number of fused-ring (bicyclic) bond motifs is 2. The van der Waals surface area contributed by atoms with Crippen molar-refractivity contribution in [1.82, 2.24) is 29.2 Å². The zero-order chi connectivity index (χ0) is 29.9. The van der Waals surface area contributed by atoms with Crippen molar-refractivity contribution >= 4 is 29.0 Å². The van der Waals surface area contributed by atoms with Gasteiger partial charge in [-0.1, -0.05) is 12.1 Å². The largest absolute Gasteiger partial charge is 0.416 e. The quantitative estimate of drug-likeness (QED) is 0.361. The lowest BCUT2D eigenvalue weighted by atomic mass is 10.1. The molecule has 11 nitrogen and oxygen atoms in total. The molecule has 1 aromatic carbocycles. The Hall–Kier alpha value is -4.56. The van der Waals surface area contributed by atoms with Crippen molar-refractivity contribution in [3.05, 3.63) is 71.9 Å². The molecule has 5 heterocycles. The van der Waals surface area contributed by atoms with E-state index in [0.29, 0.717) is 48.3 Å². The normalized spacial score (nSPS) is 21.2. The number of rotatable bonds is 5. The number of carbonyl (C=O) groups is 2. The van der Waals surface area contributed by atoms with Gasteiger partial charge in [0, 0.05) is 42.3 Å². The van der Waals surface area contributed by atoms with Crippen LogP contribution >= 0.6 is 0 Å². The summed E-state index contributed by atoms with van der Waals surface area (Å²) in [6, 6.07) is 8.53. The van der Waals surface area contributed by atoms with Gasteiger partial charge in [-0.05, 0) is 37.1 Å². The Labute approximate surface area is 243 Å². The zero-order valence-electron chi connectivity index (χ0n) is 22.8. The van der Waals surface area contributed by atoms with Crippen LogP contribution in [0.3, 0.4) is 0 Å². The third kappa shape index (κ3) is 5.16. The summed E-state index contributed by atoms with van der Waals surface area (Å²) in [7, 11) is 0. The minimum Gasteiger partial charge on any atom is -0.382 e. The minimum absolute atomic E-state index is 0.000334. The molecule has 2 aliphatic heterocycles. The average molecular weight is 593 g/mol. The number of pyridine rings is 1. The Kier molecular flexibility index (Phi) is 6.54. The Morgan fingerprint density at radius 2 is 1.84 bits per heavy atom. The number of nitrogen functional groups attached to an aromatic ring is 1. The van der Waals surface area contributed by atoms with Crippen molar-refractivity contribution in [3.63, 3.8) is 0 Å². The predicted octanol–water partition coefficient (Wildman–Crippen LogP) is 3.39. The maximum Gasteiger partial charge on any atom is 0.416 e. The van der Waals surface area contributed by atoms with Crippen LogP contribution in [-0.4, -0.2) is 79.3 Å². The number of imidazole rings is 1. The molecule has 3 aliphatic rings. The molecule has 0 unspecified atom stereocenters. The number of nitrogens with zero attached hydrogens (tertiary/aromatic N) is 6. The van der Waals surface area contributed by atoms with Crippen LogP contribution in [0.25, 0.3) is 16.8 Å². The molecule has 0 spiro atoms. The number of piperazine rings is 1. The van der Waals surface area contributed by atoms with Gasteiger partial charge in [0.05, 0.1) is 31.3 Å². The number of hydrogen-bond acceptors (Lipinski definition) is 8. The van der Waals surface area contributed by atoms with Crippen LogP contribution < -0.4 is 11.1 Å². The van der Waals surface area contributed by atoms with Gasteiger partial charge in [-0.2, -0.15) is 13.2 Å². The Balaban J connectivity index is 1.13. The summed E-state index contributed by atoms with van der Waals surface area (Å²) in [5.41, 5.74) is 7.30. The molecular weight excluding hydrogens is 565 g/mol. The third-order valence-corrected chi connectivity index (χ3v) is 8.11. The lowest BCUT2D eigenvalue weighted by Gasteiger charge is -2.45. The summed E-state index contributed by atoms with van der Waals surface area (Å²) in [6.07, 6.45) is 1.53. The molecule has 7 rings (SSSR count). The summed E-state index contributed by atoms with van der Waals surface area (Å²) in [4.78, 5) is 42.9. The van der Waals surface area contributed by atoms with Crippen molar-refractivity contribution in [2.24, 2.45) is 0 Å². The highest BCUT2D eigenvalue weighted by molar-refractivity contribution is 6.04. The summed E-state index contributed by atoms with van der Waals surface area (Å²) in [5, 5.41) is 2.40. The maximum atomic E-state index is 13.0. The third-order valence-electron chi connectivity index (χ3n) is 8.11. The molecule has 14 heteroatoms. The number of carbonyl (C=O) groups excluding carboxylic acids is 2. The molecule has 43 heavy (non-hydrogen) atoms. The van der Waals surface area contributed by atoms with Gasteiger partial charge in [0.15, 0.2) is 0 Å². The van der Waals surface area contributed by atoms with E-state index in [1.165, 1.54) is 12.1 Å². The van der Waals surface area contributed by atoms with E-state index < -0.39 is 23.8 Å². The lowest BCUT2D eigenvalue weighted by molar-refractivity contribution is -0.156. The van der Waals surface area contributed by atoms with Crippen LogP contribution in [0.15, 0.2) is 55.0 Å². The standard InChI is InChI=1S/C29H27F3N8O3/c30-29(31,32)18-7-8-34-22(11-18)36-28(42)17-3-1-16(2-4-17)24-25-26(33)35-9-10-39(25)27(37-24)21-13-40-20(15-43-21)12-38(14-23(40)41)19-5-6-19/h1-4,7-11,19-21H,5-6,12-15H2,(H2,33,35)(H,34,36,42)/t20-,21-/m1/s1. The maximum absolute atomic E-state index is 13.0. The van der Waals surface area contributed by atoms with Crippen molar-refractivity contribution in [3.8, 4) is 11.3 Å². The van der Waals surface area contributed by atoms with Gasteiger partial charge in [0.2, 0.25) is 5.91 Å². The number of nitrogens with one attached hydrogen (secondary N) is 1. The fourth-order valence-corrected chi connectivity index (χ4v) is 5.79. The molecular formula is C29H27F3N8O3. The number of alkyl halides is 3. The molecule has 3 fully saturated rings. The van der Waals surface area contributed by atoms with E-state index in [2.05, 4.69) is 20.2 Å². The second kappa shape index (κ2) is 10.3. The second-order valence-electron chi connectivity index (χ2n) is 11.0. The molecule has 222 valence electrons. The summed E-state index contributed by atoms with van der Waals surface area (Å²) in [6.45, 7) is 1.99. The average Bonchev–Trinajstić information content (AvgIpc) is 3.77. The molecule has 1 saturated carbocycles. The minimum atomic E-state index is -4.56. The first-order valence-electron chi connectivity index (χ1n) is 13.9. The second-order valence-corrected chi connectivity index (χ2v) is 11.0. The van der Waals surface area contributed by atoms with Gasteiger partial charge in [0.25, 0.3) is 5.91 Å². The molecule has 3 N–H and O–H groups in total. The van der Waals surface area contributed by atoms with Crippen LogP contribution in [-0.2, 0) is 15.7 Å². The fraction of sp³-hybridized carbons (Fsp3) is 0.345. The van der Waals surface area contributed by atoms with Gasteiger partial charge >= 0.3 is 6.18 Å². The highest BCUT2D eigenvalue weighted by atomic mass is 19.4. The molecule has 0 bridgehead atoms. The van der Waals surface area contributed by atoms with Gasteiger partial charge in [-0.3, -0.25) is 18.9 Å². The Morgan fingerprint density at radius 1 is 1.05 bits per heavy atom. The molecule has 2 atom stereocenters. The molecule has 2 saturated heterocycles. The highest BCUT2D eigenvalue weighted by Crippen LogP contribution is 2.36. The lowest BCUT2D eigenvalue weighted by Crippen LogP contribution is -2.61. The van der Waals surface area contributed by atoms with E-state index in [4.69, 9.17) is 15.5 Å². The topological polar surface area (TPSA) is 131 Å². The van der Waals surface area contributed by atoms with Crippen molar-refractivity contribution in [2.45, 2.75) is 37.2 Å². The Morgan fingerprint density at radius 3 is 2.58 bits per heavy atom. The van der Waals surface area contributed by atoms with Crippen LogP contribution in [0, 0.1) is 0 Å². The van der Waals surface area contributed by atoms with Crippen molar-refractivity contribution < 1.29 is 27.5 Å². The first-order valence-corrected chi connectivity index (χ1v) is 13.9.